The Hall–Kier alpha value is -0.0551. The Morgan fingerprint density at radius 1 is 1.45 bits per heavy atom. The van der Waals surface area contributed by atoms with Gasteiger partial charge in [-0.25, -0.2) is 0 Å². The number of hydrogen-bond acceptors (Lipinski definition) is 3. The summed E-state index contributed by atoms with van der Waals surface area (Å²) in [5.41, 5.74) is 0. The molecule has 0 amide bonds. The maximum Gasteiger partial charge on any atom is 0.460 e. The van der Waals surface area contributed by atoms with Crippen LogP contribution in [0.2, 0.25) is 5.31 Å². The van der Waals surface area contributed by atoms with Crippen molar-refractivity contribution in [3.8, 4) is 0 Å². The van der Waals surface area contributed by atoms with E-state index in [1.54, 1.807) is 0 Å². The Balaban J connectivity index is 2.04. The van der Waals surface area contributed by atoms with E-state index in [0.717, 1.165) is 25.9 Å². The predicted octanol–water partition coefficient (Wildman–Crippen LogP) is 0.0299. The van der Waals surface area contributed by atoms with Crippen LogP contribution in [0.1, 0.15) is 19.3 Å². The standard InChI is InChI=1S/C7H13BO3/c9-8(10)7-4-6(7)2-1-3-11-5-7/h6,9-10H,1-5H2. The maximum atomic E-state index is 9.08. The van der Waals surface area contributed by atoms with Gasteiger partial charge in [-0.1, -0.05) is 0 Å². The quantitative estimate of drug-likeness (QED) is 0.526. The molecule has 0 aromatic rings. The van der Waals surface area contributed by atoms with E-state index < -0.39 is 7.12 Å². The molecular weight excluding hydrogens is 143 g/mol. The molecule has 2 atom stereocenters. The summed E-state index contributed by atoms with van der Waals surface area (Å²) in [7, 11) is -1.18. The highest BCUT2D eigenvalue weighted by molar-refractivity contribution is 6.47. The lowest BCUT2D eigenvalue weighted by Crippen LogP contribution is -2.26. The topological polar surface area (TPSA) is 49.7 Å². The summed E-state index contributed by atoms with van der Waals surface area (Å²) < 4.78 is 5.29. The Bertz CT molecular complexity index is 162. The predicted molar refractivity (Wildman–Crippen MR) is 41.0 cm³/mol. The lowest BCUT2D eigenvalue weighted by Gasteiger charge is -2.12. The second-order valence-corrected chi connectivity index (χ2v) is 3.70. The third-order valence-electron chi connectivity index (χ3n) is 3.01. The first kappa shape index (κ1) is 7.59. The molecule has 2 aliphatic rings. The summed E-state index contributed by atoms with van der Waals surface area (Å²) >= 11 is 0. The molecule has 2 N–H and O–H groups in total. The van der Waals surface area contributed by atoms with Gasteiger partial charge in [0.25, 0.3) is 0 Å². The fraction of sp³-hybridized carbons (Fsp3) is 1.00. The van der Waals surface area contributed by atoms with Crippen LogP contribution in [0.5, 0.6) is 0 Å². The molecule has 1 heterocycles. The first-order valence-corrected chi connectivity index (χ1v) is 4.19. The second-order valence-electron chi connectivity index (χ2n) is 3.70. The van der Waals surface area contributed by atoms with E-state index in [4.69, 9.17) is 14.8 Å². The van der Waals surface area contributed by atoms with Crippen molar-refractivity contribution >= 4 is 7.12 Å². The average Bonchev–Trinajstić information content (AvgIpc) is 2.57. The molecule has 11 heavy (non-hydrogen) atoms. The van der Waals surface area contributed by atoms with Crippen molar-refractivity contribution < 1.29 is 14.8 Å². The van der Waals surface area contributed by atoms with E-state index >= 15 is 0 Å². The molecule has 1 saturated carbocycles. The van der Waals surface area contributed by atoms with Crippen LogP contribution in [0, 0.1) is 5.92 Å². The molecule has 62 valence electrons. The lowest BCUT2D eigenvalue weighted by molar-refractivity contribution is 0.127. The SMILES string of the molecule is OB(O)C12COCCCC1C2. The van der Waals surface area contributed by atoms with Gasteiger partial charge >= 0.3 is 7.12 Å². The molecule has 0 spiro atoms. The highest BCUT2D eigenvalue weighted by atomic mass is 16.5. The summed E-state index contributed by atoms with van der Waals surface area (Å²) in [4.78, 5) is 0. The van der Waals surface area contributed by atoms with Gasteiger partial charge < -0.3 is 14.8 Å². The lowest BCUT2D eigenvalue weighted by atomic mass is 9.67. The molecule has 4 heteroatoms. The smallest absolute Gasteiger partial charge is 0.427 e. The van der Waals surface area contributed by atoms with E-state index in [-0.39, 0.29) is 5.31 Å². The number of ether oxygens (including phenoxy) is 1. The third kappa shape index (κ3) is 1.09. The number of hydrogen-bond donors (Lipinski definition) is 2. The number of rotatable bonds is 1. The minimum absolute atomic E-state index is 0.281. The van der Waals surface area contributed by atoms with Gasteiger partial charge in [-0.2, -0.15) is 0 Å². The van der Waals surface area contributed by atoms with E-state index in [2.05, 4.69) is 0 Å². The van der Waals surface area contributed by atoms with Crippen molar-refractivity contribution in [1.29, 1.82) is 0 Å². The van der Waals surface area contributed by atoms with Crippen molar-refractivity contribution in [2.24, 2.45) is 5.92 Å². The van der Waals surface area contributed by atoms with Crippen LogP contribution in [-0.2, 0) is 4.74 Å². The van der Waals surface area contributed by atoms with Crippen molar-refractivity contribution in [2.75, 3.05) is 13.2 Å². The van der Waals surface area contributed by atoms with Gasteiger partial charge in [-0.3, -0.25) is 0 Å². The first-order valence-electron chi connectivity index (χ1n) is 4.19. The molecule has 1 saturated heterocycles. The average molecular weight is 156 g/mol. The zero-order chi connectivity index (χ0) is 7.90. The van der Waals surface area contributed by atoms with E-state index in [9.17, 15) is 0 Å². The van der Waals surface area contributed by atoms with Gasteiger partial charge in [0, 0.05) is 11.9 Å². The van der Waals surface area contributed by atoms with Crippen LogP contribution in [0.4, 0.5) is 0 Å². The molecule has 2 rings (SSSR count). The molecule has 2 unspecified atom stereocenters. The van der Waals surface area contributed by atoms with Crippen LogP contribution < -0.4 is 0 Å². The molecule has 0 bridgehead atoms. The summed E-state index contributed by atoms with van der Waals surface area (Å²) in [5, 5.41) is 17.9. The van der Waals surface area contributed by atoms with Crippen LogP contribution >= 0.6 is 0 Å². The Morgan fingerprint density at radius 3 is 3.00 bits per heavy atom. The van der Waals surface area contributed by atoms with Crippen molar-refractivity contribution in [3.05, 3.63) is 0 Å². The normalized spacial score (nSPS) is 42.5. The van der Waals surface area contributed by atoms with E-state index in [0.29, 0.717) is 12.5 Å². The van der Waals surface area contributed by atoms with E-state index in [1.165, 1.54) is 0 Å². The minimum Gasteiger partial charge on any atom is -0.427 e. The van der Waals surface area contributed by atoms with Gasteiger partial charge in [0.1, 0.15) is 0 Å². The summed E-state index contributed by atoms with van der Waals surface area (Å²) in [6.07, 6.45) is 3.10. The molecule has 0 aromatic carbocycles. The Morgan fingerprint density at radius 2 is 2.27 bits per heavy atom. The van der Waals surface area contributed by atoms with Gasteiger partial charge in [0.2, 0.25) is 0 Å². The highest BCUT2D eigenvalue weighted by Crippen LogP contribution is 2.63. The molecule has 0 radical (unpaired) electrons. The van der Waals surface area contributed by atoms with Crippen LogP contribution in [-0.4, -0.2) is 30.4 Å². The van der Waals surface area contributed by atoms with E-state index in [1.807, 2.05) is 0 Å². The summed E-state index contributed by atoms with van der Waals surface area (Å²) in [6, 6.07) is 0. The molecule has 0 aromatic heterocycles. The van der Waals surface area contributed by atoms with Gasteiger partial charge in [-0.15, -0.1) is 0 Å². The minimum atomic E-state index is -1.18. The molecular formula is C7H13BO3. The van der Waals surface area contributed by atoms with Crippen molar-refractivity contribution in [1.82, 2.24) is 0 Å². The molecule has 1 aliphatic carbocycles. The number of fused-ring (bicyclic) bond motifs is 1. The van der Waals surface area contributed by atoms with Gasteiger partial charge in [0.15, 0.2) is 0 Å². The second kappa shape index (κ2) is 2.47. The van der Waals surface area contributed by atoms with Crippen molar-refractivity contribution in [3.63, 3.8) is 0 Å². The zero-order valence-electron chi connectivity index (χ0n) is 6.49. The third-order valence-corrected chi connectivity index (χ3v) is 3.01. The summed E-state index contributed by atoms with van der Waals surface area (Å²) in [5.74, 6) is 0.505. The fourth-order valence-corrected chi connectivity index (χ4v) is 2.05. The first-order chi connectivity index (χ1) is 5.26. The van der Waals surface area contributed by atoms with Gasteiger partial charge in [-0.05, 0) is 25.2 Å². The van der Waals surface area contributed by atoms with Crippen LogP contribution in [0.15, 0.2) is 0 Å². The molecule has 3 nitrogen and oxygen atoms in total. The van der Waals surface area contributed by atoms with Crippen molar-refractivity contribution in [2.45, 2.75) is 24.6 Å². The Kier molecular flexibility index (Phi) is 1.70. The zero-order valence-corrected chi connectivity index (χ0v) is 6.49. The molecule has 2 fully saturated rings. The monoisotopic (exact) mass is 156 g/mol. The van der Waals surface area contributed by atoms with Gasteiger partial charge in [0.05, 0.1) is 6.61 Å². The molecule has 1 aliphatic heterocycles. The van der Waals surface area contributed by atoms with Crippen LogP contribution in [0.3, 0.4) is 0 Å². The van der Waals surface area contributed by atoms with Crippen LogP contribution in [0.25, 0.3) is 0 Å². The summed E-state index contributed by atoms with van der Waals surface area (Å²) in [6.45, 7) is 1.32. The highest BCUT2D eigenvalue weighted by Gasteiger charge is 2.61. The maximum absolute atomic E-state index is 9.08. The largest absolute Gasteiger partial charge is 0.460 e. The Labute approximate surface area is 66.5 Å². The fourth-order valence-electron chi connectivity index (χ4n) is 2.05.